The third-order valence-corrected chi connectivity index (χ3v) is 5.31. The maximum atomic E-state index is 12.7. The predicted molar refractivity (Wildman–Crippen MR) is 109 cm³/mol. The van der Waals surface area contributed by atoms with Gasteiger partial charge in [-0.25, -0.2) is 0 Å². The number of carbonyl (C=O) groups excluding carboxylic acids is 2. The first-order chi connectivity index (χ1) is 13.0. The molecule has 3 rings (SSSR count). The molecule has 3 aromatic rings. The van der Waals surface area contributed by atoms with Crippen LogP contribution in [0.3, 0.4) is 0 Å². The Hall–Kier alpha value is -2.92. The molecule has 0 N–H and O–H groups in total. The molecule has 0 bridgehead atoms. The van der Waals surface area contributed by atoms with Crippen LogP contribution in [0.15, 0.2) is 72.8 Å². The van der Waals surface area contributed by atoms with Crippen LogP contribution < -0.4 is 0 Å². The molecule has 0 spiro atoms. The lowest BCUT2D eigenvalue weighted by atomic mass is 10.2. The Kier molecular flexibility index (Phi) is 6.04. The fourth-order valence-corrected chi connectivity index (χ4v) is 3.80. The molecule has 27 heavy (non-hydrogen) atoms. The monoisotopic (exact) mass is 378 g/mol. The summed E-state index contributed by atoms with van der Waals surface area (Å²) in [7, 11) is 3.55. The van der Waals surface area contributed by atoms with E-state index in [-0.39, 0.29) is 11.8 Å². The van der Waals surface area contributed by atoms with Gasteiger partial charge in [-0.3, -0.25) is 9.59 Å². The van der Waals surface area contributed by atoms with Gasteiger partial charge in [-0.05, 0) is 23.3 Å². The Bertz CT molecular complexity index is 832. The van der Waals surface area contributed by atoms with E-state index in [1.54, 1.807) is 36.0 Å². The molecule has 4 nitrogen and oxygen atoms in total. The highest BCUT2D eigenvalue weighted by molar-refractivity contribution is 7.15. The van der Waals surface area contributed by atoms with Gasteiger partial charge < -0.3 is 9.80 Å². The molecule has 0 aliphatic rings. The van der Waals surface area contributed by atoms with Gasteiger partial charge in [0, 0.05) is 27.2 Å². The van der Waals surface area contributed by atoms with Crippen LogP contribution in [0.5, 0.6) is 0 Å². The summed E-state index contributed by atoms with van der Waals surface area (Å²) in [5.74, 6) is -0.151. The number of nitrogens with zero attached hydrogens (tertiary/aromatic N) is 2. The average Bonchev–Trinajstić information content (AvgIpc) is 3.18. The van der Waals surface area contributed by atoms with Gasteiger partial charge in [-0.2, -0.15) is 0 Å². The van der Waals surface area contributed by atoms with Crippen molar-refractivity contribution in [1.29, 1.82) is 0 Å². The van der Waals surface area contributed by atoms with E-state index in [2.05, 4.69) is 0 Å². The quantitative estimate of drug-likeness (QED) is 0.642. The van der Waals surface area contributed by atoms with Gasteiger partial charge in [0.1, 0.15) is 0 Å². The van der Waals surface area contributed by atoms with Crippen molar-refractivity contribution in [3.05, 3.63) is 93.7 Å². The molecule has 5 heteroatoms. The van der Waals surface area contributed by atoms with Crippen molar-refractivity contribution in [2.45, 2.75) is 13.1 Å². The molecular formula is C22H22N2O2S. The van der Waals surface area contributed by atoms with Crippen LogP contribution in [0.4, 0.5) is 0 Å². The van der Waals surface area contributed by atoms with Crippen LogP contribution in [0.2, 0.25) is 0 Å². The Morgan fingerprint density at radius 3 is 1.41 bits per heavy atom. The molecule has 0 unspecified atom stereocenters. The minimum Gasteiger partial charge on any atom is -0.337 e. The van der Waals surface area contributed by atoms with Crippen LogP contribution >= 0.6 is 11.3 Å². The lowest BCUT2D eigenvalue weighted by Crippen LogP contribution is -2.26. The van der Waals surface area contributed by atoms with E-state index in [1.807, 2.05) is 60.7 Å². The summed E-state index contributed by atoms with van der Waals surface area (Å²) < 4.78 is 0. The Morgan fingerprint density at radius 1 is 0.667 bits per heavy atom. The van der Waals surface area contributed by atoms with Gasteiger partial charge in [0.25, 0.3) is 11.8 Å². The molecule has 1 aromatic heterocycles. The number of hydrogen-bond donors (Lipinski definition) is 0. The van der Waals surface area contributed by atoms with Crippen LogP contribution in [-0.2, 0) is 13.1 Å². The van der Waals surface area contributed by atoms with E-state index in [0.29, 0.717) is 22.8 Å². The number of amides is 2. The second-order valence-electron chi connectivity index (χ2n) is 6.46. The zero-order chi connectivity index (χ0) is 19.2. The summed E-state index contributed by atoms with van der Waals surface area (Å²) in [5, 5.41) is 0. The van der Waals surface area contributed by atoms with Crippen molar-refractivity contribution < 1.29 is 9.59 Å². The van der Waals surface area contributed by atoms with Gasteiger partial charge in [0.2, 0.25) is 0 Å². The van der Waals surface area contributed by atoms with E-state index >= 15 is 0 Å². The third kappa shape index (κ3) is 4.83. The summed E-state index contributed by atoms with van der Waals surface area (Å²) in [6, 6.07) is 23.2. The van der Waals surface area contributed by atoms with Crippen molar-refractivity contribution in [3.63, 3.8) is 0 Å². The molecule has 0 saturated heterocycles. The highest BCUT2D eigenvalue weighted by Gasteiger charge is 2.19. The molecule has 0 aliphatic carbocycles. The third-order valence-electron chi connectivity index (χ3n) is 4.25. The number of carbonyl (C=O) groups is 2. The largest absolute Gasteiger partial charge is 0.337 e. The first-order valence-electron chi connectivity index (χ1n) is 8.73. The molecular weight excluding hydrogens is 356 g/mol. The summed E-state index contributed by atoms with van der Waals surface area (Å²) >= 11 is 1.24. The lowest BCUT2D eigenvalue weighted by Gasteiger charge is -2.17. The molecule has 2 amide bonds. The van der Waals surface area contributed by atoms with Crippen molar-refractivity contribution in [2.24, 2.45) is 0 Å². The van der Waals surface area contributed by atoms with Crippen LogP contribution in [0, 0.1) is 0 Å². The number of benzene rings is 2. The fraction of sp³-hybridized carbons (Fsp3) is 0.182. The smallest absolute Gasteiger partial charge is 0.263 e. The van der Waals surface area contributed by atoms with E-state index in [9.17, 15) is 9.59 Å². The van der Waals surface area contributed by atoms with Crippen LogP contribution in [0.25, 0.3) is 0 Å². The van der Waals surface area contributed by atoms with Crippen LogP contribution in [-0.4, -0.2) is 35.7 Å². The molecule has 0 atom stereocenters. The first-order valence-corrected chi connectivity index (χ1v) is 9.55. The number of thiophene rings is 1. The highest BCUT2D eigenvalue weighted by atomic mass is 32.1. The summed E-state index contributed by atoms with van der Waals surface area (Å²) in [5.41, 5.74) is 2.15. The molecule has 1 heterocycles. The molecule has 2 aromatic carbocycles. The molecule has 0 saturated carbocycles. The van der Waals surface area contributed by atoms with Gasteiger partial charge in [0.15, 0.2) is 0 Å². The molecule has 138 valence electrons. The maximum absolute atomic E-state index is 12.7. The van der Waals surface area contributed by atoms with Gasteiger partial charge in [0.05, 0.1) is 9.75 Å². The maximum Gasteiger partial charge on any atom is 0.263 e. The zero-order valence-corrected chi connectivity index (χ0v) is 16.3. The van der Waals surface area contributed by atoms with Crippen molar-refractivity contribution >= 4 is 23.2 Å². The average molecular weight is 378 g/mol. The Balaban J connectivity index is 1.64. The van der Waals surface area contributed by atoms with Crippen molar-refractivity contribution in [3.8, 4) is 0 Å². The predicted octanol–water partition coefficient (Wildman–Crippen LogP) is 4.29. The first kappa shape index (κ1) is 18.9. The van der Waals surface area contributed by atoms with E-state index in [4.69, 9.17) is 0 Å². The highest BCUT2D eigenvalue weighted by Crippen LogP contribution is 2.21. The normalized spacial score (nSPS) is 10.4. The second-order valence-corrected chi connectivity index (χ2v) is 7.54. The lowest BCUT2D eigenvalue weighted by molar-refractivity contribution is 0.0784. The van der Waals surface area contributed by atoms with Gasteiger partial charge >= 0.3 is 0 Å². The molecule has 0 aliphatic heterocycles. The van der Waals surface area contributed by atoms with Gasteiger partial charge in [-0.15, -0.1) is 11.3 Å². The minimum atomic E-state index is -0.0754. The van der Waals surface area contributed by atoms with E-state index in [0.717, 1.165) is 11.1 Å². The topological polar surface area (TPSA) is 40.6 Å². The van der Waals surface area contributed by atoms with Crippen LogP contribution in [0.1, 0.15) is 30.5 Å². The minimum absolute atomic E-state index is 0.0754. The zero-order valence-electron chi connectivity index (χ0n) is 15.5. The summed E-state index contributed by atoms with van der Waals surface area (Å²) in [4.78, 5) is 29.8. The van der Waals surface area contributed by atoms with Crippen molar-refractivity contribution in [1.82, 2.24) is 9.80 Å². The number of hydrogen-bond acceptors (Lipinski definition) is 3. The van der Waals surface area contributed by atoms with Crippen molar-refractivity contribution in [2.75, 3.05) is 14.1 Å². The molecule has 0 fully saturated rings. The number of rotatable bonds is 6. The Morgan fingerprint density at radius 2 is 1.04 bits per heavy atom. The van der Waals surface area contributed by atoms with E-state index < -0.39 is 0 Å². The SMILES string of the molecule is CN(Cc1ccccc1)C(=O)c1ccc(C(=O)N(C)Cc2ccccc2)s1. The fourth-order valence-electron chi connectivity index (χ4n) is 2.80. The second kappa shape index (κ2) is 8.64. The van der Waals surface area contributed by atoms with E-state index in [1.165, 1.54) is 11.3 Å². The standard InChI is InChI=1S/C22H22N2O2S/c1-23(15-17-9-5-3-6-10-17)21(25)19-13-14-20(27-19)22(26)24(2)16-18-11-7-4-8-12-18/h3-14H,15-16H2,1-2H3. The molecule has 0 radical (unpaired) electrons. The summed E-state index contributed by atoms with van der Waals surface area (Å²) in [6.45, 7) is 1.07. The summed E-state index contributed by atoms with van der Waals surface area (Å²) in [6.07, 6.45) is 0. The van der Waals surface area contributed by atoms with Gasteiger partial charge in [-0.1, -0.05) is 60.7 Å². The Labute approximate surface area is 163 Å².